The van der Waals surface area contributed by atoms with Crippen molar-refractivity contribution >= 4 is 5.91 Å². The highest BCUT2D eigenvalue weighted by atomic mass is 19.4. The molecule has 0 aromatic heterocycles. The summed E-state index contributed by atoms with van der Waals surface area (Å²) in [5.41, 5.74) is 0. The van der Waals surface area contributed by atoms with Crippen LogP contribution in [0.2, 0.25) is 0 Å². The first-order valence-electron chi connectivity index (χ1n) is 7.25. The number of carbonyl (C=O) groups excluding carboxylic acids is 1. The summed E-state index contributed by atoms with van der Waals surface area (Å²) in [5.74, 6) is -1.61. The Balaban J connectivity index is 2.56. The van der Waals surface area contributed by atoms with Crippen LogP contribution in [0, 0.1) is 11.8 Å². The lowest BCUT2D eigenvalue weighted by Crippen LogP contribution is -2.43. The Bertz CT molecular complexity index is 310. The highest BCUT2D eigenvalue weighted by Gasteiger charge is 2.43. The molecule has 20 heavy (non-hydrogen) atoms. The molecular formula is C14H24F3NO2. The van der Waals surface area contributed by atoms with Crippen molar-refractivity contribution in [1.29, 1.82) is 0 Å². The highest BCUT2D eigenvalue weighted by Crippen LogP contribution is 2.40. The molecule has 6 heteroatoms. The van der Waals surface area contributed by atoms with E-state index in [2.05, 4.69) is 0 Å². The van der Waals surface area contributed by atoms with E-state index >= 15 is 0 Å². The van der Waals surface area contributed by atoms with Gasteiger partial charge in [0.1, 0.15) is 0 Å². The maximum absolute atomic E-state index is 12.6. The van der Waals surface area contributed by atoms with Gasteiger partial charge >= 0.3 is 6.18 Å². The average Bonchev–Trinajstić information content (AvgIpc) is 2.37. The van der Waals surface area contributed by atoms with Crippen molar-refractivity contribution in [2.75, 3.05) is 13.2 Å². The molecule has 1 rings (SSSR count). The van der Waals surface area contributed by atoms with Crippen molar-refractivity contribution in [3.05, 3.63) is 0 Å². The Morgan fingerprint density at radius 2 is 1.80 bits per heavy atom. The number of aliphatic hydroxyl groups excluding tert-OH is 1. The summed E-state index contributed by atoms with van der Waals surface area (Å²) in [6.07, 6.45) is -2.92. The monoisotopic (exact) mass is 295 g/mol. The Morgan fingerprint density at radius 3 is 2.20 bits per heavy atom. The molecule has 118 valence electrons. The van der Waals surface area contributed by atoms with Gasteiger partial charge in [-0.1, -0.05) is 0 Å². The number of aliphatic hydroxyl groups is 1. The van der Waals surface area contributed by atoms with Crippen molar-refractivity contribution in [1.82, 2.24) is 4.90 Å². The van der Waals surface area contributed by atoms with Gasteiger partial charge in [0.25, 0.3) is 0 Å². The summed E-state index contributed by atoms with van der Waals surface area (Å²) in [7, 11) is 0. The lowest BCUT2D eigenvalue weighted by Gasteiger charge is -2.34. The van der Waals surface area contributed by atoms with E-state index in [0.29, 0.717) is 25.8 Å². The van der Waals surface area contributed by atoms with E-state index in [4.69, 9.17) is 5.11 Å². The van der Waals surface area contributed by atoms with Gasteiger partial charge in [0, 0.05) is 25.1 Å². The highest BCUT2D eigenvalue weighted by molar-refractivity contribution is 5.79. The smallest absolute Gasteiger partial charge is 0.391 e. The molecular weight excluding hydrogens is 271 g/mol. The van der Waals surface area contributed by atoms with Crippen molar-refractivity contribution < 1.29 is 23.1 Å². The molecule has 0 radical (unpaired) electrons. The van der Waals surface area contributed by atoms with Crippen LogP contribution in [0.25, 0.3) is 0 Å². The minimum absolute atomic E-state index is 0.00869. The van der Waals surface area contributed by atoms with E-state index in [1.54, 1.807) is 4.90 Å². The molecule has 1 aliphatic rings. The van der Waals surface area contributed by atoms with Crippen LogP contribution in [0.4, 0.5) is 13.2 Å². The summed E-state index contributed by atoms with van der Waals surface area (Å²) in [6.45, 7) is 4.25. The van der Waals surface area contributed by atoms with Gasteiger partial charge in [-0.25, -0.2) is 0 Å². The largest absolute Gasteiger partial charge is 0.396 e. The number of amides is 1. The van der Waals surface area contributed by atoms with Gasteiger partial charge in [0.2, 0.25) is 5.91 Å². The normalized spacial score (nSPS) is 23.9. The zero-order chi connectivity index (χ0) is 15.3. The summed E-state index contributed by atoms with van der Waals surface area (Å²) in [4.78, 5) is 14.0. The van der Waals surface area contributed by atoms with Gasteiger partial charge < -0.3 is 10.0 Å². The lowest BCUT2D eigenvalue weighted by molar-refractivity contribution is -0.185. The van der Waals surface area contributed by atoms with Gasteiger partial charge in [-0.3, -0.25) is 4.79 Å². The molecule has 0 aromatic rings. The first-order valence-corrected chi connectivity index (χ1v) is 7.25. The fourth-order valence-corrected chi connectivity index (χ4v) is 2.77. The van der Waals surface area contributed by atoms with Gasteiger partial charge in [0.05, 0.1) is 5.92 Å². The van der Waals surface area contributed by atoms with Crippen LogP contribution in [0.1, 0.15) is 46.0 Å². The number of rotatable bonds is 5. The first kappa shape index (κ1) is 17.3. The fraction of sp³-hybridized carbons (Fsp3) is 0.929. The molecule has 0 unspecified atom stereocenters. The van der Waals surface area contributed by atoms with Gasteiger partial charge in [-0.15, -0.1) is 0 Å². The van der Waals surface area contributed by atoms with Gasteiger partial charge in [-0.2, -0.15) is 13.2 Å². The number of alkyl halides is 3. The molecule has 0 spiro atoms. The number of halogens is 3. The number of hydrogen-bond acceptors (Lipinski definition) is 2. The molecule has 0 aromatic carbocycles. The van der Waals surface area contributed by atoms with Crippen molar-refractivity contribution in [3.63, 3.8) is 0 Å². The third kappa shape index (κ3) is 4.65. The van der Waals surface area contributed by atoms with Crippen LogP contribution >= 0.6 is 0 Å². The summed E-state index contributed by atoms with van der Waals surface area (Å²) in [6, 6.07) is 0.00869. The van der Waals surface area contributed by atoms with Crippen LogP contribution < -0.4 is 0 Å². The minimum atomic E-state index is -4.14. The van der Waals surface area contributed by atoms with Crippen LogP contribution in [0.3, 0.4) is 0 Å². The summed E-state index contributed by atoms with van der Waals surface area (Å²) < 4.78 is 37.8. The molecule has 3 nitrogen and oxygen atoms in total. The maximum atomic E-state index is 12.6. The van der Waals surface area contributed by atoms with Gasteiger partial charge in [0.15, 0.2) is 0 Å². The number of carbonyl (C=O) groups is 1. The second-order valence-electron chi connectivity index (χ2n) is 5.79. The van der Waals surface area contributed by atoms with Crippen LogP contribution in [0.15, 0.2) is 0 Å². The number of hydrogen-bond donors (Lipinski definition) is 1. The summed E-state index contributed by atoms with van der Waals surface area (Å²) in [5, 5.41) is 8.85. The molecule has 0 heterocycles. The molecule has 1 fully saturated rings. The molecule has 1 saturated carbocycles. The number of nitrogens with zero attached hydrogens (tertiary/aromatic N) is 1. The third-order valence-corrected chi connectivity index (χ3v) is 4.00. The Morgan fingerprint density at radius 1 is 1.25 bits per heavy atom. The van der Waals surface area contributed by atoms with E-state index in [9.17, 15) is 18.0 Å². The van der Waals surface area contributed by atoms with E-state index in [1.165, 1.54) is 0 Å². The maximum Gasteiger partial charge on any atom is 0.391 e. The molecule has 0 bridgehead atoms. The third-order valence-electron chi connectivity index (χ3n) is 4.00. The molecule has 1 N–H and O–H groups in total. The molecule has 0 atom stereocenters. The quantitative estimate of drug-likeness (QED) is 0.847. The minimum Gasteiger partial charge on any atom is -0.396 e. The molecule has 0 saturated heterocycles. The first-order chi connectivity index (χ1) is 9.27. The topological polar surface area (TPSA) is 40.5 Å². The SMILES string of the molecule is CC(C)N(CCCO)C(=O)C1CCC(C(F)(F)F)CC1. The lowest BCUT2D eigenvalue weighted by atomic mass is 9.81. The Labute approximate surface area is 118 Å². The standard InChI is InChI=1S/C14H24F3NO2/c1-10(2)18(8-3-9-19)13(20)11-4-6-12(7-5-11)14(15,16)17/h10-12,19H,3-9H2,1-2H3. The molecule has 0 aliphatic heterocycles. The Hall–Kier alpha value is -0.780. The van der Waals surface area contributed by atoms with E-state index in [-0.39, 0.29) is 37.3 Å². The van der Waals surface area contributed by atoms with Crippen LogP contribution in [-0.2, 0) is 4.79 Å². The van der Waals surface area contributed by atoms with Crippen molar-refractivity contribution in [3.8, 4) is 0 Å². The predicted molar refractivity (Wildman–Crippen MR) is 70.1 cm³/mol. The average molecular weight is 295 g/mol. The van der Waals surface area contributed by atoms with Crippen LogP contribution in [-0.4, -0.2) is 41.3 Å². The van der Waals surface area contributed by atoms with E-state index in [0.717, 1.165) is 0 Å². The van der Waals surface area contributed by atoms with E-state index in [1.807, 2.05) is 13.8 Å². The van der Waals surface area contributed by atoms with Crippen LogP contribution in [0.5, 0.6) is 0 Å². The Kier molecular flexibility index (Phi) is 6.30. The fourth-order valence-electron chi connectivity index (χ4n) is 2.77. The second kappa shape index (κ2) is 7.29. The van der Waals surface area contributed by atoms with Gasteiger partial charge in [-0.05, 0) is 46.0 Å². The zero-order valence-electron chi connectivity index (χ0n) is 12.1. The van der Waals surface area contributed by atoms with Crippen molar-refractivity contribution in [2.45, 2.75) is 58.2 Å². The second-order valence-corrected chi connectivity index (χ2v) is 5.79. The predicted octanol–water partition coefficient (Wildman–Crippen LogP) is 2.97. The molecule has 1 aliphatic carbocycles. The summed E-state index contributed by atoms with van der Waals surface area (Å²) >= 11 is 0. The molecule has 1 amide bonds. The van der Waals surface area contributed by atoms with E-state index < -0.39 is 12.1 Å². The zero-order valence-corrected chi connectivity index (χ0v) is 12.1. The van der Waals surface area contributed by atoms with Crippen molar-refractivity contribution in [2.24, 2.45) is 11.8 Å².